The number of sulfonamides is 2. The fraction of sp³-hybridized carbons (Fsp3) is 0.313. The van der Waals surface area contributed by atoms with Gasteiger partial charge in [0.1, 0.15) is 22.9 Å². The monoisotopic (exact) mass is 1180 g/mol. The molecule has 2 aliphatic carbocycles. The van der Waals surface area contributed by atoms with E-state index < -0.39 is 37.8 Å². The van der Waals surface area contributed by atoms with Gasteiger partial charge in [-0.05, 0) is 176 Å². The number of amides is 1. The summed E-state index contributed by atoms with van der Waals surface area (Å²) in [5.41, 5.74) is 10.6. The first-order chi connectivity index (χ1) is 40.2. The van der Waals surface area contributed by atoms with Gasteiger partial charge in [0.2, 0.25) is 20.0 Å². The number of nitrogens with one attached hydrogen (secondary N) is 1. The van der Waals surface area contributed by atoms with Crippen LogP contribution in [0.25, 0.3) is 17.5 Å². The molecule has 0 saturated carbocycles. The molecule has 0 radical (unpaired) electrons. The van der Waals surface area contributed by atoms with Crippen molar-refractivity contribution >= 4 is 38.5 Å². The van der Waals surface area contributed by atoms with Gasteiger partial charge in [0, 0.05) is 34.4 Å². The highest BCUT2D eigenvalue weighted by Crippen LogP contribution is 2.40. The van der Waals surface area contributed by atoms with Crippen molar-refractivity contribution in [3.05, 3.63) is 243 Å². The summed E-state index contributed by atoms with van der Waals surface area (Å²) >= 11 is 0. The average molecular weight is 1180 g/mol. The van der Waals surface area contributed by atoms with Crippen LogP contribution in [0.4, 0.5) is 13.6 Å². The molecule has 4 unspecified atom stereocenters. The lowest BCUT2D eigenvalue weighted by Crippen LogP contribution is -2.41. The van der Waals surface area contributed by atoms with Crippen LogP contribution in [0.15, 0.2) is 175 Å². The second-order valence-corrected chi connectivity index (χ2v) is 25.8. The molecule has 0 fully saturated rings. The summed E-state index contributed by atoms with van der Waals surface area (Å²) < 4.78 is 89.1. The minimum atomic E-state index is -3.73. The number of aldehydes is 1. The topological polar surface area (TPSA) is 163 Å². The van der Waals surface area contributed by atoms with Crippen molar-refractivity contribution in [3.63, 3.8) is 0 Å². The van der Waals surface area contributed by atoms with Gasteiger partial charge in [0.15, 0.2) is 6.29 Å². The summed E-state index contributed by atoms with van der Waals surface area (Å²) in [5.74, 6) is 0.0444. The predicted octanol–water partition coefficient (Wildman–Crippen LogP) is 14.5. The van der Waals surface area contributed by atoms with E-state index in [-0.39, 0.29) is 23.6 Å². The molecule has 0 saturated heterocycles. The molecule has 2 heterocycles. The van der Waals surface area contributed by atoms with E-state index >= 15 is 0 Å². The number of aromatic nitrogens is 4. The largest absolute Gasteiger partial charge is 0.443 e. The minimum Gasteiger partial charge on any atom is -0.443 e. The zero-order valence-corrected chi connectivity index (χ0v) is 50.1. The third-order valence-electron chi connectivity index (χ3n) is 15.0. The molecule has 2 aliphatic rings. The smallest absolute Gasteiger partial charge is 0.424 e. The molecule has 10 rings (SSSR count). The quantitative estimate of drug-likeness (QED) is 0.0874. The Hall–Kier alpha value is -7.86. The highest BCUT2D eigenvalue weighted by atomic mass is 32.2. The SMILES string of the molecule is CC(NS(=O)(=O)/C=C/c1nn(-c2ccc(F)cc2)c2c1CCCC2CCc1ccccc1)c1ccccc1.CC(c1ccccc1)N(C(=O)OC(C)(C)C)S(C)(=O)=O.O=Cc1nn(-c2ccc(F)cc2)c2c1CCCC2CCc1ccccc1. The van der Waals surface area contributed by atoms with Gasteiger partial charge in [-0.15, -0.1) is 0 Å². The number of ether oxygens (including phenoxy) is 1. The fourth-order valence-electron chi connectivity index (χ4n) is 11.0. The van der Waals surface area contributed by atoms with Crippen molar-refractivity contribution in [2.75, 3.05) is 6.26 Å². The average Bonchev–Trinajstić information content (AvgIpc) is 3.77. The molecule has 0 spiro atoms. The number of carbonyl (C=O) groups is 2. The number of nitrogens with zero attached hydrogens (tertiary/aromatic N) is 5. The Balaban J connectivity index is 0.000000174. The van der Waals surface area contributed by atoms with Crippen molar-refractivity contribution in [2.24, 2.45) is 0 Å². The molecule has 4 atom stereocenters. The molecule has 1 amide bonds. The Morgan fingerprint density at radius 1 is 0.643 bits per heavy atom. The van der Waals surface area contributed by atoms with Gasteiger partial charge >= 0.3 is 6.09 Å². The van der Waals surface area contributed by atoms with E-state index in [9.17, 15) is 35.2 Å². The molecule has 13 nitrogen and oxygen atoms in total. The maximum atomic E-state index is 13.7. The molecule has 440 valence electrons. The number of fused-ring (bicyclic) bond motifs is 2. The summed E-state index contributed by atoms with van der Waals surface area (Å²) in [6.07, 6.45) is 12.4. The summed E-state index contributed by atoms with van der Waals surface area (Å²) in [7, 11) is -7.43. The first-order valence-electron chi connectivity index (χ1n) is 28.5. The Bertz CT molecular complexity index is 3710. The zero-order chi connectivity index (χ0) is 60.0. The number of benzene rings is 6. The van der Waals surface area contributed by atoms with Crippen LogP contribution in [0.1, 0.15) is 158 Å². The second-order valence-electron chi connectivity index (χ2n) is 22.3. The van der Waals surface area contributed by atoms with Crippen LogP contribution in [0.2, 0.25) is 0 Å². The van der Waals surface area contributed by atoms with Crippen LogP contribution in [-0.2, 0) is 50.5 Å². The molecule has 17 heteroatoms. The van der Waals surface area contributed by atoms with Gasteiger partial charge in [-0.1, -0.05) is 121 Å². The third kappa shape index (κ3) is 16.7. The van der Waals surface area contributed by atoms with E-state index in [1.807, 2.05) is 64.8 Å². The van der Waals surface area contributed by atoms with Crippen LogP contribution in [-0.4, -0.2) is 64.9 Å². The summed E-state index contributed by atoms with van der Waals surface area (Å²) in [6, 6.07) is 50.9. The molecule has 8 aromatic rings. The molecule has 1 N–H and O–H groups in total. The van der Waals surface area contributed by atoms with E-state index in [4.69, 9.17) is 9.84 Å². The van der Waals surface area contributed by atoms with Gasteiger partial charge in [-0.2, -0.15) is 14.5 Å². The van der Waals surface area contributed by atoms with E-state index in [2.05, 4.69) is 58.4 Å². The Morgan fingerprint density at radius 3 is 1.49 bits per heavy atom. The van der Waals surface area contributed by atoms with Crippen molar-refractivity contribution in [1.82, 2.24) is 28.6 Å². The Labute approximate surface area is 493 Å². The van der Waals surface area contributed by atoms with Gasteiger partial charge in [0.05, 0.1) is 40.8 Å². The molecule has 0 bridgehead atoms. The lowest BCUT2D eigenvalue weighted by Gasteiger charge is -2.30. The second kappa shape index (κ2) is 28.1. The molecule has 0 aliphatic heterocycles. The van der Waals surface area contributed by atoms with Gasteiger partial charge in [-0.3, -0.25) is 4.79 Å². The number of halogens is 2. The fourth-order valence-corrected chi connectivity index (χ4v) is 13.0. The van der Waals surface area contributed by atoms with Crippen LogP contribution >= 0.6 is 0 Å². The van der Waals surface area contributed by atoms with Gasteiger partial charge < -0.3 is 4.74 Å². The number of rotatable bonds is 17. The molecule has 6 aromatic carbocycles. The maximum Gasteiger partial charge on any atom is 0.424 e. The van der Waals surface area contributed by atoms with Gasteiger partial charge in [0.25, 0.3) is 0 Å². The highest BCUT2D eigenvalue weighted by molar-refractivity contribution is 7.92. The molecule has 2 aromatic heterocycles. The van der Waals surface area contributed by atoms with Crippen molar-refractivity contribution in [1.29, 1.82) is 0 Å². The summed E-state index contributed by atoms with van der Waals surface area (Å²) in [5, 5.41) is 10.6. The summed E-state index contributed by atoms with van der Waals surface area (Å²) in [6.45, 7) is 8.55. The standard InChI is InChI=1S/C31H32FN3O2S.C22H21FN2O.C14H21NO4S/c1-23(25-11-6-3-7-12-25)34-38(36,37)22-21-30-29-14-8-13-26(16-15-24-9-4-2-5-10-24)31(29)35(33-30)28-19-17-27(32)18-20-28;23-18-11-13-19(14-12-18)25-22-17(10-9-16-5-2-1-3-6-16)7-4-8-20(22)21(15-26)24-25;1-11(12-9-7-6-8-10-12)15(20(5,17)18)13(16)19-14(2,3)4/h2-7,9-12,17-23,26,34H,8,13-16H2,1H3;1-3,5-6,11-15,17H,4,7-10H2;6-11H,1-5H3/b22-21+;;. The van der Waals surface area contributed by atoms with Crippen LogP contribution in [0.5, 0.6) is 0 Å². The Morgan fingerprint density at radius 2 is 1.06 bits per heavy atom. The first-order valence-corrected chi connectivity index (χ1v) is 31.9. The van der Waals surface area contributed by atoms with Crippen molar-refractivity contribution < 1.29 is 39.9 Å². The molecular weight excluding hydrogens is 1100 g/mol. The maximum absolute atomic E-state index is 13.7. The number of carbonyl (C=O) groups excluding carboxylic acids is 2. The number of hydrogen-bond acceptors (Lipinski definition) is 9. The van der Waals surface area contributed by atoms with Crippen molar-refractivity contribution in [2.45, 2.75) is 128 Å². The first kappa shape index (κ1) is 62.2. The normalized spacial score (nSPS) is 15.7. The van der Waals surface area contributed by atoms with Crippen molar-refractivity contribution in [3.8, 4) is 11.4 Å². The predicted molar refractivity (Wildman–Crippen MR) is 327 cm³/mol. The van der Waals surface area contributed by atoms with Gasteiger partial charge in [-0.25, -0.2) is 44.5 Å². The van der Waals surface area contributed by atoms with E-state index in [0.717, 1.165) is 126 Å². The highest BCUT2D eigenvalue weighted by Gasteiger charge is 2.34. The van der Waals surface area contributed by atoms with E-state index in [0.29, 0.717) is 17.3 Å². The van der Waals surface area contributed by atoms with E-state index in [1.165, 1.54) is 40.8 Å². The third-order valence-corrected chi connectivity index (χ3v) is 17.3. The molecule has 84 heavy (non-hydrogen) atoms. The van der Waals surface area contributed by atoms with E-state index in [1.54, 1.807) is 82.3 Å². The number of hydrogen-bond donors (Lipinski definition) is 1. The van der Waals surface area contributed by atoms with Crippen LogP contribution in [0, 0.1) is 11.6 Å². The molecular formula is C67H74F2N6O7S2. The number of aryl methyl sites for hydroxylation is 2. The minimum absolute atomic E-state index is 0.270. The van der Waals surface area contributed by atoms with Crippen LogP contribution in [0.3, 0.4) is 0 Å². The Kier molecular flexibility index (Phi) is 20.8. The summed E-state index contributed by atoms with van der Waals surface area (Å²) in [4.78, 5) is 23.7. The zero-order valence-electron chi connectivity index (χ0n) is 48.4. The lowest BCUT2D eigenvalue weighted by atomic mass is 9.83. The van der Waals surface area contributed by atoms with Crippen LogP contribution < -0.4 is 4.72 Å². The lowest BCUT2D eigenvalue weighted by molar-refractivity contribution is 0.0347.